The summed E-state index contributed by atoms with van der Waals surface area (Å²) in [6.07, 6.45) is 7.45. The second-order valence-corrected chi connectivity index (χ2v) is 5.20. The van der Waals surface area contributed by atoms with E-state index in [2.05, 4.69) is 18.7 Å². The maximum Gasteiger partial charge on any atom is 0.0920 e. The molecule has 0 spiro atoms. The molecule has 0 aromatic carbocycles. The molecule has 0 aliphatic carbocycles. The fourth-order valence-corrected chi connectivity index (χ4v) is 2.77. The molecule has 16 heavy (non-hydrogen) atoms. The minimum Gasteiger partial charge on any atom is -0.388 e. The summed E-state index contributed by atoms with van der Waals surface area (Å²) in [5, 5.41) is 7.35. The van der Waals surface area contributed by atoms with Crippen molar-refractivity contribution >= 4 is 5.84 Å². The molecule has 2 unspecified atom stereocenters. The maximum atomic E-state index is 7.35. The molecular weight excluding hydrogens is 198 g/mol. The van der Waals surface area contributed by atoms with Gasteiger partial charge in [-0.05, 0) is 45.2 Å². The number of nitrogens with two attached hydrogens (primary N) is 1. The first kappa shape index (κ1) is 13.5. The van der Waals surface area contributed by atoms with Crippen LogP contribution in [0.25, 0.3) is 0 Å². The van der Waals surface area contributed by atoms with Gasteiger partial charge in [0, 0.05) is 12.5 Å². The van der Waals surface area contributed by atoms with Gasteiger partial charge in [-0.15, -0.1) is 0 Å². The van der Waals surface area contributed by atoms with Gasteiger partial charge in [-0.1, -0.05) is 19.8 Å². The monoisotopic (exact) mass is 225 g/mol. The van der Waals surface area contributed by atoms with E-state index >= 15 is 0 Å². The smallest absolute Gasteiger partial charge is 0.0920 e. The fourth-order valence-electron chi connectivity index (χ4n) is 2.77. The zero-order valence-corrected chi connectivity index (χ0v) is 10.8. The quantitative estimate of drug-likeness (QED) is 0.558. The van der Waals surface area contributed by atoms with Crippen molar-refractivity contribution in [1.29, 1.82) is 5.41 Å². The Morgan fingerprint density at radius 2 is 2.19 bits per heavy atom. The molecule has 0 saturated carbocycles. The summed E-state index contributed by atoms with van der Waals surface area (Å²) in [7, 11) is 0. The molecule has 94 valence electrons. The van der Waals surface area contributed by atoms with Crippen LogP contribution in [-0.2, 0) is 0 Å². The van der Waals surface area contributed by atoms with E-state index in [1.807, 2.05) is 0 Å². The Labute approximate surface area is 99.9 Å². The van der Waals surface area contributed by atoms with Gasteiger partial charge in [-0.2, -0.15) is 0 Å². The van der Waals surface area contributed by atoms with Gasteiger partial charge in [-0.25, -0.2) is 0 Å². The zero-order valence-electron chi connectivity index (χ0n) is 10.8. The molecule has 1 aliphatic rings. The normalized spacial score (nSPS) is 25.0. The molecule has 1 fully saturated rings. The van der Waals surface area contributed by atoms with Gasteiger partial charge in [0.2, 0.25) is 0 Å². The van der Waals surface area contributed by atoms with Crippen molar-refractivity contribution in [2.45, 2.75) is 58.4 Å². The average molecular weight is 225 g/mol. The summed E-state index contributed by atoms with van der Waals surface area (Å²) in [4.78, 5) is 2.51. The molecule has 0 aromatic rings. The SMILES string of the molecule is CCCC1CCCN(C(C)CC(=N)N)CC1. The van der Waals surface area contributed by atoms with E-state index in [4.69, 9.17) is 11.1 Å². The molecule has 3 heteroatoms. The molecule has 2 atom stereocenters. The topological polar surface area (TPSA) is 53.1 Å². The minimum atomic E-state index is 0.321. The van der Waals surface area contributed by atoms with Crippen molar-refractivity contribution in [3.8, 4) is 0 Å². The van der Waals surface area contributed by atoms with Crippen LogP contribution in [0.1, 0.15) is 52.4 Å². The van der Waals surface area contributed by atoms with E-state index in [-0.39, 0.29) is 0 Å². The van der Waals surface area contributed by atoms with E-state index in [0.717, 1.165) is 12.3 Å². The van der Waals surface area contributed by atoms with Gasteiger partial charge < -0.3 is 10.6 Å². The second-order valence-electron chi connectivity index (χ2n) is 5.20. The summed E-state index contributed by atoms with van der Waals surface area (Å²) in [6.45, 7) is 6.86. The van der Waals surface area contributed by atoms with E-state index < -0.39 is 0 Å². The Morgan fingerprint density at radius 1 is 1.44 bits per heavy atom. The molecule has 0 radical (unpaired) electrons. The van der Waals surface area contributed by atoms with E-state index in [1.54, 1.807) is 0 Å². The van der Waals surface area contributed by atoms with Crippen LogP contribution in [0, 0.1) is 11.3 Å². The molecule has 1 saturated heterocycles. The van der Waals surface area contributed by atoms with Crippen molar-refractivity contribution in [2.24, 2.45) is 11.7 Å². The average Bonchev–Trinajstić information content (AvgIpc) is 2.43. The fraction of sp³-hybridized carbons (Fsp3) is 0.923. The van der Waals surface area contributed by atoms with Gasteiger partial charge >= 0.3 is 0 Å². The Kier molecular flexibility index (Phi) is 5.81. The van der Waals surface area contributed by atoms with Gasteiger partial charge in [-0.3, -0.25) is 5.41 Å². The molecule has 1 heterocycles. The van der Waals surface area contributed by atoms with Crippen LogP contribution >= 0.6 is 0 Å². The van der Waals surface area contributed by atoms with Crippen LogP contribution < -0.4 is 5.73 Å². The lowest BCUT2D eigenvalue weighted by Gasteiger charge is -2.27. The van der Waals surface area contributed by atoms with Crippen LogP contribution in [0.15, 0.2) is 0 Å². The number of nitrogens with one attached hydrogen (secondary N) is 1. The summed E-state index contributed by atoms with van der Waals surface area (Å²) >= 11 is 0. The molecule has 1 rings (SSSR count). The van der Waals surface area contributed by atoms with Crippen molar-refractivity contribution in [3.63, 3.8) is 0 Å². The Balaban J connectivity index is 2.37. The number of likely N-dealkylation sites (tertiary alicyclic amines) is 1. The van der Waals surface area contributed by atoms with Crippen LogP contribution in [-0.4, -0.2) is 29.9 Å². The van der Waals surface area contributed by atoms with Crippen LogP contribution in [0.3, 0.4) is 0 Å². The molecule has 0 bridgehead atoms. The first-order chi connectivity index (χ1) is 7.63. The Hall–Kier alpha value is -0.570. The standard InChI is InChI=1S/C13H27N3/c1-3-5-12-6-4-8-16(9-7-12)11(2)10-13(14)15/h11-12H,3-10H2,1-2H3,(H3,14,15). The maximum absolute atomic E-state index is 7.35. The third kappa shape index (κ3) is 4.52. The number of hydrogen-bond acceptors (Lipinski definition) is 2. The number of nitrogens with zero attached hydrogens (tertiary/aromatic N) is 1. The number of hydrogen-bond donors (Lipinski definition) is 2. The highest BCUT2D eigenvalue weighted by atomic mass is 15.1. The summed E-state index contributed by atoms with van der Waals surface area (Å²) in [5.41, 5.74) is 5.47. The zero-order chi connectivity index (χ0) is 12.0. The predicted molar refractivity (Wildman–Crippen MR) is 69.8 cm³/mol. The summed E-state index contributed by atoms with van der Waals surface area (Å²) in [5.74, 6) is 1.25. The highest BCUT2D eigenvalue weighted by molar-refractivity contribution is 5.77. The second kappa shape index (κ2) is 6.89. The van der Waals surface area contributed by atoms with E-state index in [9.17, 15) is 0 Å². The van der Waals surface area contributed by atoms with Gasteiger partial charge in [0.25, 0.3) is 0 Å². The highest BCUT2D eigenvalue weighted by Gasteiger charge is 2.20. The highest BCUT2D eigenvalue weighted by Crippen LogP contribution is 2.23. The number of rotatable bonds is 5. The first-order valence-corrected chi connectivity index (χ1v) is 6.70. The van der Waals surface area contributed by atoms with Crippen molar-refractivity contribution < 1.29 is 0 Å². The van der Waals surface area contributed by atoms with Crippen molar-refractivity contribution in [3.05, 3.63) is 0 Å². The predicted octanol–water partition coefficient (Wildman–Crippen LogP) is 2.60. The third-order valence-electron chi connectivity index (χ3n) is 3.72. The molecule has 1 aliphatic heterocycles. The first-order valence-electron chi connectivity index (χ1n) is 6.70. The summed E-state index contributed by atoms with van der Waals surface area (Å²) < 4.78 is 0. The third-order valence-corrected chi connectivity index (χ3v) is 3.72. The van der Waals surface area contributed by atoms with Crippen molar-refractivity contribution in [2.75, 3.05) is 13.1 Å². The molecule has 0 aromatic heterocycles. The lowest BCUT2D eigenvalue weighted by Crippen LogP contribution is -2.36. The Bertz CT molecular complexity index is 215. The van der Waals surface area contributed by atoms with Crippen LogP contribution in [0.5, 0.6) is 0 Å². The van der Waals surface area contributed by atoms with Crippen LogP contribution in [0.2, 0.25) is 0 Å². The van der Waals surface area contributed by atoms with E-state index in [1.165, 1.54) is 45.2 Å². The lowest BCUT2D eigenvalue weighted by molar-refractivity contribution is 0.217. The molecule has 3 N–H and O–H groups in total. The van der Waals surface area contributed by atoms with E-state index in [0.29, 0.717) is 11.9 Å². The molecule has 3 nitrogen and oxygen atoms in total. The molecular formula is C13H27N3. The minimum absolute atomic E-state index is 0.321. The number of amidine groups is 1. The van der Waals surface area contributed by atoms with Gasteiger partial charge in [0.05, 0.1) is 5.84 Å². The largest absolute Gasteiger partial charge is 0.388 e. The van der Waals surface area contributed by atoms with Gasteiger partial charge in [0.1, 0.15) is 0 Å². The summed E-state index contributed by atoms with van der Waals surface area (Å²) in [6, 6.07) is 0.442. The van der Waals surface area contributed by atoms with Crippen LogP contribution in [0.4, 0.5) is 0 Å². The van der Waals surface area contributed by atoms with Gasteiger partial charge in [0.15, 0.2) is 0 Å². The lowest BCUT2D eigenvalue weighted by atomic mass is 9.96. The van der Waals surface area contributed by atoms with Crippen molar-refractivity contribution in [1.82, 2.24) is 4.90 Å². The molecule has 0 amide bonds. The Morgan fingerprint density at radius 3 is 2.81 bits per heavy atom.